The van der Waals surface area contributed by atoms with Crippen LogP contribution in [0.15, 0.2) is 60.8 Å². The van der Waals surface area contributed by atoms with E-state index in [0.717, 1.165) is 5.56 Å². The molecule has 0 radical (unpaired) electrons. The first kappa shape index (κ1) is 15.4. The number of aromatic nitrogens is 2. The number of hydrogen-bond donors (Lipinski definition) is 1. The molecule has 3 aromatic rings. The molecule has 0 aliphatic heterocycles. The van der Waals surface area contributed by atoms with E-state index in [2.05, 4.69) is 21.4 Å². The molecular formula is C19H14N4O. The van der Waals surface area contributed by atoms with Gasteiger partial charge in [-0.25, -0.2) is 9.97 Å². The number of nitrogens with one attached hydrogen (secondary N) is 1. The minimum atomic E-state index is -0.00984. The second kappa shape index (κ2) is 6.71. The maximum absolute atomic E-state index is 11.5. The molecule has 0 fully saturated rings. The van der Waals surface area contributed by atoms with Crippen LogP contribution in [0.2, 0.25) is 0 Å². The van der Waals surface area contributed by atoms with Crippen LogP contribution >= 0.6 is 0 Å². The van der Waals surface area contributed by atoms with E-state index in [9.17, 15) is 10.1 Å². The zero-order valence-electron chi connectivity index (χ0n) is 13.0. The zero-order valence-corrected chi connectivity index (χ0v) is 13.0. The number of nitriles is 1. The first-order chi connectivity index (χ1) is 11.7. The maximum Gasteiger partial charge on any atom is 0.227 e. The number of benzene rings is 2. The van der Waals surface area contributed by atoms with Gasteiger partial charge in [-0.3, -0.25) is 4.79 Å². The number of nitrogens with zero attached hydrogens (tertiary/aromatic N) is 3. The Kier molecular flexibility index (Phi) is 4.30. The number of ketones is 1. The van der Waals surface area contributed by atoms with Crippen molar-refractivity contribution in [1.82, 2.24) is 9.97 Å². The van der Waals surface area contributed by atoms with Crippen LogP contribution in [0.1, 0.15) is 22.8 Å². The van der Waals surface area contributed by atoms with E-state index in [1.165, 1.54) is 13.1 Å². The van der Waals surface area contributed by atoms with Crippen molar-refractivity contribution in [2.45, 2.75) is 6.92 Å². The quantitative estimate of drug-likeness (QED) is 0.737. The standard InChI is InChI=1S/C19H14N4O/c1-13(24)15-8-5-9-17(10-15)22-19-21-12-16(11-20)18(23-19)14-6-3-2-4-7-14/h2-10,12H,1H3,(H,21,22,23). The van der Waals surface area contributed by atoms with Crippen LogP contribution in [0.25, 0.3) is 11.3 Å². The van der Waals surface area contributed by atoms with Gasteiger partial charge in [0.15, 0.2) is 5.78 Å². The lowest BCUT2D eigenvalue weighted by Gasteiger charge is -2.09. The summed E-state index contributed by atoms with van der Waals surface area (Å²) in [5.74, 6) is 0.359. The second-order valence-electron chi connectivity index (χ2n) is 5.20. The van der Waals surface area contributed by atoms with E-state index < -0.39 is 0 Å². The van der Waals surface area contributed by atoms with E-state index in [1.54, 1.807) is 18.2 Å². The van der Waals surface area contributed by atoms with Gasteiger partial charge in [-0.2, -0.15) is 5.26 Å². The number of Topliss-reactive ketones (excluding diaryl/α,β-unsaturated/α-hetero) is 1. The number of anilines is 2. The van der Waals surface area contributed by atoms with E-state index in [0.29, 0.717) is 28.5 Å². The first-order valence-electron chi connectivity index (χ1n) is 7.38. The van der Waals surface area contributed by atoms with Crippen LogP contribution in [-0.2, 0) is 0 Å². The fraction of sp³-hybridized carbons (Fsp3) is 0.0526. The summed E-state index contributed by atoms with van der Waals surface area (Å²) in [4.78, 5) is 20.1. The molecule has 0 aliphatic rings. The van der Waals surface area contributed by atoms with Gasteiger partial charge in [-0.15, -0.1) is 0 Å². The highest BCUT2D eigenvalue weighted by atomic mass is 16.1. The molecule has 0 unspecified atom stereocenters. The van der Waals surface area contributed by atoms with Gasteiger partial charge in [-0.05, 0) is 19.1 Å². The normalized spacial score (nSPS) is 10.0. The lowest BCUT2D eigenvalue weighted by molar-refractivity contribution is 0.101. The molecule has 116 valence electrons. The Balaban J connectivity index is 1.97. The number of rotatable bonds is 4. The molecule has 0 spiro atoms. The highest BCUT2D eigenvalue weighted by molar-refractivity contribution is 5.95. The fourth-order valence-electron chi connectivity index (χ4n) is 2.28. The minimum absolute atomic E-state index is 0.00984. The third kappa shape index (κ3) is 3.28. The molecule has 1 aromatic heterocycles. The Bertz CT molecular complexity index is 930. The predicted octanol–water partition coefficient (Wildman–Crippen LogP) is 3.96. The number of hydrogen-bond acceptors (Lipinski definition) is 5. The highest BCUT2D eigenvalue weighted by Gasteiger charge is 2.10. The van der Waals surface area contributed by atoms with Gasteiger partial charge in [0.05, 0.1) is 17.5 Å². The Morgan fingerprint density at radius 1 is 1.12 bits per heavy atom. The van der Waals surface area contributed by atoms with Crippen molar-refractivity contribution in [1.29, 1.82) is 5.26 Å². The smallest absolute Gasteiger partial charge is 0.227 e. The molecule has 1 N–H and O–H groups in total. The minimum Gasteiger partial charge on any atom is -0.324 e. The summed E-state index contributed by atoms with van der Waals surface area (Å²) in [5.41, 5.74) is 3.14. The van der Waals surface area contributed by atoms with Crippen LogP contribution in [0.5, 0.6) is 0 Å². The molecule has 5 nitrogen and oxygen atoms in total. The summed E-state index contributed by atoms with van der Waals surface area (Å²) in [7, 11) is 0. The van der Waals surface area contributed by atoms with Crippen molar-refractivity contribution >= 4 is 17.4 Å². The molecule has 3 rings (SSSR count). The molecule has 0 aliphatic carbocycles. The van der Waals surface area contributed by atoms with Crippen LogP contribution in [0.3, 0.4) is 0 Å². The molecule has 0 atom stereocenters. The molecule has 1 heterocycles. The summed E-state index contributed by atoms with van der Waals surface area (Å²) in [6.45, 7) is 1.52. The summed E-state index contributed by atoms with van der Waals surface area (Å²) >= 11 is 0. The van der Waals surface area contributed by atoms with E-state index >= 15 is 0 Å². The van der Waals surface area contributed by atoms with E-state index in [1.807, 2.05) is 36.4 Å². The molecule has 5 heteroatoms. The summed E-state index contributed by atoms with van der Waals surface area (Å²) in [5, 5.41) is 12.3. The van der Waals surface area contributed by atoms with Gasteiger partial charge in [-0.1, -0.05) is 42.5 Å². The summed E-state index contributed by atoms with van der Waals surface area (Å²) in [6.07, 6.45) is 1.49. The number of carbonyl (C=O) groups is 1. The lowest BCUT2D eigenvalue weighted by atomic mass is 10.1. The van der Waals surface area contributed by atoms with E-state index in [4.69, 9.17) is 0 Å². The van der Waals surface area contributed by atoms with Crippen molar-refractivity contribution in [3.8, 4) is 17.3 Å². The Morgan fingerprint density at radius 3 is 2.62 bits per heavy atom. The molecule has 2 aromatic carbocycles. The predicted molar refractivity (Wildman–Crippen MR) is 91.9 cm³/mol. The number of carbonyl (C=O) groups excluding carboxylic acids is 1. The SMILES string of the molecule is CC(=O)c1cccc(Nc2ncc(C#N)c(-c3ccccc3)n2)c1. The van der Waals surface area contributed by atoms with Gasteiger partial charge in [0.2, 0.25) is 5.95 Å². The van der Waals surface area contributed by atoms with Crippen LogP contribution in [0.4, 0.5) is 11.6 Å². The zero-order chi connectivity index (χ0) is 16.9. The van der Waals surface area contributed by atoms with Gasteiger partial charge in [0.1, 0.15) is 6.07 Å². The molecule has 0 saturated heterocycles. The fourth-order valence-corrected chi connectivity index (χ4v) is 2.28. The van der Waals surface area contributed by atoms with Gasteiger partial charge >= 0.3 is 0 Å². The van der Waals surface area contributed by atoms with Crippen molar-refractivity contribution in [3.63, 3.8) is 0 Å². The maximum atomic E-state index is 11.5. The molecule has 24 heavy (non-hydrogen) atoms. The summed E-state index contributed by atoms with van der Waals surface area (Å²) < 4.78 is 0. The van der Waals surface area contributed by atoms with Crippen LogP contribution in [0, 0.1) is 11.3 Å². The van der Waals surface area contributed by atoms with Gasteiger partial charge < -0.3 is 5.32 Å². The average Bonchev–Trinajstić information content (AvgIpc) is 2.62. The largest absolute Gasteiger partial charge is 0.324 e. The van der Waals surface area contributed by atoms with Crippen molar-refractivity contribution < 1.29 is 4.79 Å². The average molecular weight is 314 g/mol. The highest BCUT2D eigenvalue weighted by Crippen LogP contribution is 2.23. The third-order valence-electron chi connectivity index (χ3n) is 3.48. The Hall–Kier alpha value is -3.52. The molecule has 0 saturated carbocycles. The Morgan fingerprint density at radius 2 is 1.92 bits per heavy atom. The topological polar surface area (TPSA) is 78.7 Å². The van der Waals surface area contributed by atoms with Crippen LogP contribution in [-0.4, -0.2) is 15.8 Å². The van der Waals surface area contributed by atoms with Crippen molar-refractivity contribution in [3.05, 3.63) is 71.9 Å². The second-order valence-corrected chi connectivity index (χ2v) is 5.20. The van der Waals surface area contributed by atoms with Gasteiger partial charge in [0, 0.05) is 16.8 Å². The molecule has 0 bridgehead atoms. The van der Waals surface area contributed by atoms with Crippen LogP contribution < -0.4 is 5.32 Å². The molecular weight excluding hydrogens is 300 g/mol. The lowest BCUT2D eigenvalue weighted by Crippen LogP contribution is -2.01. The van der Waals surface area contributed by atoms with Crippen molar-refractivity contribution in [2.75, 3.05) is 5.32 Å². The monoisotopic (exact) mass is 314 g/mol. The first-order valence-corrected chi connectivity index (χ1v) is 7.38. The van der Waals surface area contributed by atoms with Gasteiger partial charge in [0.25, 0.3) is 0 Å². The summed E-state index contributed by atoms with van der Waals surface area (Å²) in [6, 6.07) is 18.7. The third-order valence-corrected chi connectivity index (χ3v) is 3.48. The Labute approximate surface area is 139 Å². The van der Waals surface area contributed by atoms with Crippen molar-refractivity contribution in [2.24, 2.45) is 0 Å². The molecule has 0 amide bonds. The van der Waals surface area contributed by atoms with E-state index in [-0.39, 0.29) is 5.78 Å².